The second kappa shape index (κ2) is 5.93. The van der Waals surface area contributed by atoms with E-state index in [9.17, 15) is 20.4 Å². The molecular weight excluding hydrogens is 300 g/mol. The minimum Gasteiger partial charge on any atom is -0.394 e. The highest BCUT2D eigenvalue weighted by molar-refractivity contribution is 5.01. The Labute approximate surface area is 136 Å². The van der Waals surface area contributed by atoms with Crippen LogP contribution in [0.2, 0.25) is 0 Å². The number of rotatable bonds is 4. The summed E-state index contributed by atoms with van der Waals surface area (Å²) in [6, 6.07) is 0. The summed E-state index contributed by atoms with van der Waals surface area (Å²) in [7, 11) is 0. The molecule has 5 atom stereocenters. The fraction of sp³-hybridized carbons (Fsp3) is 1.00. The molecule has 4 bridgehead atoms. The standard InChI is InChI=1S/C17H28O6/c18-7-12-13(19)14(20)15(21)16(23-12)22-8-17-4-9-1-10(5-17)3-11(2-9)6-17/h9-16,18-21H,1-8H2/t9?,10?,11?,12-,13-,14+,15-,16-,17?/m1/s1. The summed E-state index contributed by atoms with van der Waals surface area (Å²) in [5.74, 6) is 2.46. The van der Waals surface area contributed by atoms with Crippen molar-refractivity contribution in [1.82, 2.24) is 0 Å². The molecule has 0 amide bonds. The highest BCUT2D eigenvalue weighted by atomic mass is 16.7. The molecule has 5 rings (SSSR count). The molecule has 1 heterocycles. The lowest BCUT2D eigenvalue weighted by Crippen LogP contribution is -2.60. The maximum Gasteiger partial charge on any atom is 0.186 e. The normalized spacial score (nSPS) is 55.3. The van der Waals surface area contributed by atoms with Crippen LogP contribution in [-0.2, 0) is 9.47 Å². The van der Waals surface area contributed by atoms with Crippen molar-refractivity contribution in [3.05, 3.63) is 0 Å². The van der Waals surface area contributed by atoms with E-state index in [1.807, 2.05) is 0 Å². The second-order valence-electron chi connectivity index (χ2n) is 8.43. The van der Waals surface area contributed by atoms with Crippen LogP contribution >= 0.6 is 0 Å². The zero-order chi connectivity index (χ0) is 16.2. The zero-order valence-corrected chi connectivity index (χ0v) is 13.4. The van der Waals surface area contributed by atoms with Crippen molar-refractivity contribution in [2.24, 2.45) is 23.2 Å². The third-order valence-corrected chi connectivity index (χ3v) is 6.57. The highest BCUT2D eigenvalue weighted by Gasteiger charge is 2.52. The molecular formula is C17H28O6. The molecule has 1 saturated heterocycles. The number of ether oxygens (including phenoxy) is 2. The Morgan fingerprint density at radius 3 is 1.96 bits per heavy atom. The smallest absolute Gasteiger partial charge is 0.186 e. The van der Waals surface area contributed by atoms with Crippen LogP contribution in [0.15, 0.2) is 0 Å². The van der Waals surface area contributed by atoms with E-state index in [2.05, 4.69) is 0 Å². The average molecular weight is 328 g/mol. The lowest BCUT2D eigenvalue weighted by molar-refractivity contribution is -0.309. The molecule has 0 unspecified atom stereocenters. The van der Waals surface area contributed by atoms with E-state index in [-0.39, 0.29) is 5.41 Å². The summed E-state index contributed by atoms with van der Waals surface area (Å²) in [5.41, 5.74) is 0.188. The van der Waals surface area contributed by atoms with Crippen LogP contribution in [0.1, 0.15) is 38.5 Å². The minimum atomic E-state index is -1.36. The van der Waals surface area contributed by atoms with Gasteiger partial charge in [0.05, 0.1) is 13.2 Å². The number of hydrogen-bond acceptors (Lipinski definition) is 6. The van der Waals surface area contributed by atoms with Gasteiger partial charge in [-0.3, -0.25) is 0 Å². The maximum absolute atomic E-state index is 10.1. The summed E-state index contributed by atoms with van der Waals surface area (Å²) in [6.07, 6.45) is 1.80. The molecule has 0 radical (unpaired) electrons. The van der Waals surface area contributed by atoms with Crippen molar-refractivity contribution >= 4 is 0 Å². The summed E-state index contributed by atoms with van der Waals surface area (Å²) in [4.78, 5) is 0. The van der Waals surface area contributed by atoms with Crippen LogP contribution in [0.5, 0.6) is 0 Å². The first-order valence-electron chi connectivity index (χ1n) is 8.92. The van der Waals surface area contributed by atoms with Gasteiger partial charge in [0, 0.05) is 0 Å². The monoisotopic (exact) mass is 328 g/mol. The van der Waals surface area contributed by atoms with Crippen molar-refractivity contribution in [2.45, 2.75) is 69.2 Å². The van der Waals surface area contributed by atoms with Crippen LogP contribution < -0.4 is 0 Å². The molecule has 23 heavy (non-hydrogen) atoms. The molecule has 6 heteroatoms. The van der Waals surface area contributed by atoms with Gasteiger partial charge < -0.3 is 29.9 Å². The van der Waals surface area contributed by atoms with Gasteiger partial charge >= 0.3 is 0 Å². The van der Waals surface area contributed by atoms with Gasteiger partial charge in [-0.05, 0) is 61.7 Å². The van der Waals surface area contributed by atoms with Crippen LogP contribution in [0, 0.1) is 23.2 Å². The Morgan fingerprint density at radius 1 is 0.870 bits per heavy atom. The van der Waals surface area contributed by atoms with Gasteiger partial charge in [-0.1, -0.05) is 0 Å². The SMILES string of the molecule is OC[C@H]1O[C@@H](OCC23CC4CC(CC(C4)C2)C3)[C@H](O)[C@@H](O)[C@@H]1O. The maximum atomic E-state index is 10.1. The van der Waals surface area contributed by atoms with Crippen LogP contribution in [0.3, 0.4) is 0 Å². The molecule has 1 aliphatic heterocycles. The molecule has 0 spiro atoms. The molecule has 0 aromatic carbocycles. The fourth-order valence-electron chi connectivity index (χ4n) is 5.93. The van der Waals surface area contributed by atoms with Crippen molar-refractivity contribution in [3.63, 3.8) is 0 Å². The number of aliphatic hydroxyl groups excluding tert-OH is 4. The Morgan fingerprint density at radius 2 is 1.43 bits per heavy atom. The Kier molecular flexibility index (Phi) is 4.19. The van der Waals surface area contributed by atoms with Gasteiger partial charge in [-0.15, -0.1) is 0 Å². The van der Waals surface area contributed by atoms with Gasteiger partial charge in [0.15, 0.2) is 6.29 Å². The fourth-order valence-corrected chi connectivity index (χ4v) is 5.93. The number of aliphatic hydroxyl groups is 4. The lowest BCUT2D eigenvalue weighted by atomic mass is 9.50. The van der Waals surface area contributed by atoms with Gasteiger partial charge in [0.25, 0.3) is 0 Å². The van der Waals surface area contributed by atoms with Gasteiger partial charge in [-0.25, -0.2) is 0 Å². The van der Waals surface area contributed by atoms with E-state index < -0.39 is 37.3 Å². The van der Waals surface area contributed by atoms with Crippen molar-refractivity contribution in [1.29, 1.82) is 0 Å². The van der Waals surface area contributed by atoms with E-state index in [4.69, 9.17) is 9.47 Å². The van der Waals surface area contributed by atoms with Gasteiger partial charge in [0.2, 0.25) is 0 Å². The molecule has 0 aromatic heterocycles. The van der Waals surface area contributed by atoms with Gasteiger partial charge in [-0.2, -0.15) is 0 Å². The van der Waals surface area contributed by atoms with E-state index in [0.29, 0.717) is 6.61 Å². The average Bonchev–Trinajstić information content (AvgIpc) is 2.51. The van der Waals surface area contributed by atoms with E-state index in [0.717, 1.165) is 17.8 Å². The number of hydrogen-bond donors (Lipinski definition) is 4. The van der Waals surface area contributed by atoms with Crippen LogP contribution in [0.25, 0.3) is 0 Å². The molecule has 4 saturated carbocycles. The Balaban J connectivity index is 1.40. The third kappa shape index (κ3) is 2.83. The Bertz CT molecular complexity index is 404. The molecule has 0 aromatic rings. The predicted octanol–water partition coefficient (Wildman–Crippen LogP) is 0.0193. The summed E-state index contributed by atoms with van der Waals surface area (Å²) < 4.78 is 11.3. The van der Waals surface area contributed by atoms with Crippen molar-refractivity contribution < 1.29 is 29.9 Å². The third-order valence-electron chi connectivity index (χ3n) is 6.57. The molecule has 4 aliphatic carbocycles. The first kappa shape index (κ1) is 16.2. The molecule has 5 fully saturated rings. The largest absolute Gasteiger partial charge is 0.394 e. The summed E-state index contributed by atoms with van der Waals surface area (Å²) in [6.45, 7) is 0.112. The first-order chi connectivity index (χ1) is 11.0. The van der Waals surface area contributed by atoms with Crippen LogP contribution in [-0.4, -0.2) is 64.3 Å². The predicted molar refractivity (Wildman–Crippen MR) is 80.3 cm³/mol. The molecule has 4 N–H and O–H groups in total. The lowest BCUT2D eigenvalue weighted by Gasteiger charge is -2.57. The minimum absolute atomic E-state index is 0.188. The zero-order valence-electron chi connectivity index (χ0n) is 13.4. The van der Waals surface area contributed by atoms with Crippen molar-refractivity contribution in [2.75, 3.05) is 13.2 Å². The molecule has 5 aliphatic rings. The summed E-state index contributed by atoms with van der Waals surface area (Å²) >= 11 is 0. The molecule has 6 nitrogen and oxygen atoms in total. The summed E-state index contributed by atoms with van der Waals surface area (Å²) in [5, 5.41) is 39.0. The first-order valence-corrected chi connectivity index (χ1v) is 8.92. The van der Waals surface area contributed by atoms with E-state index >= 15 is 0 Å². The van der Waals surface area contributed by atoms with Crippen LogP contribution in [0.4, 0.5) is 0 Å². The quantitative estimate of drug-likeness (QED) is 0.581. The second-order valence-corrected chi connectivity index (χ2v) is 8.43. The topological polar surface area (TPSA) is 99.4 Å². The van der Waals surface area contributed by atoms with E-state index in [1.165, 1.54) is 38.5 Å². The van der Waals surface area contributed by atoms with Crippen molar-refractivity contribution in [3.8, 4) is 0 Å². The Hall–Kier alpha value is -0.240. The van der Waals surface area contributed by atoms with E-state index in [1.54, 1.807) is 0 Å². The highest BCUT2D eigenvalue weighted by Crippen LogP contribution is 2.60. The van der Waals surface area contributed by atoms with Gasteiger partial charge in [0.1, 0.15) is 24.4 Å². The molecule has 132 valence electrons.